The number of likely N-dealkylation sites (tertiary alicyclic amines) is 1. The Labute approximate surface area is 100 Å². The quantitative estimate of drug-likeness (QED) is 0.636. The van der Waals surface area contributed by atoms with Gasteiger partial charge in [-0.25, -0.2) is 0 Å². The van der Waals surface area contributed by atoms with Crippen LogP contribution in [0.3, 0.4) is 0 Å². The molecule has 5 nitrogen and oxygen atoms in total. The molecule has 0 unspecified atom stereocenters. The molecule has 1 heterocycles. The highest BCUT2D eigenvalue weighted by atomic mass is 16.6. The van der Waals surface area contributed by atoms with Crippen molar-refractivity contribution < 1.29 is 4.92 Å². The van der Waals surface area contributed by atoms with Gasteiger partial charge in [0.05, 0.1) is 4.92 Å². The summed E-state index contributed by atoms with van der Waals surface area (Å²) >= 11 is 0. The minimum atomic E-state index is -0.356. The first-order valence-corrected chi connectivity index (χ1v) is 5.86. The summed E-state index contributed by atoms with van der Waals surface area (Å²) < 4.78 is 0. The van der Waals surface area contributed by atoms with Gasteiger partial charge in [0.15, 0.2) is 0 Å². The van der Waals surface area contributed by atoms with Crippen molar-refractivity contribution in [3.05, 3.63) is 39.9 Å². The first-order valence-electron chi connectivity index (χ1n) is 5.86. The van der Waals surface area contributed by atoms with E-state index in [4.69, 9.17) is 5.73 Å². The van der Waals surface area contributed by atoms with Gasteiger partial charge in [-0.2, -0.15) is 0 Å². The fourth-order valence-electron chi connectivity index (χ4n) is 2.26. The number of non-ortho nitro benzene ring substituents is 1. The molecule has 0 bridgehead atoms. The van der Waals surface area contributed by atoms with Crippen LogP contribution in [0.25, 0.3) is 0 Å². The molecule has 0 aliphatic carbocycles. The third kappa shape index (κ3) is 3.25. The lowest BCUT2D eigenvalue weighted by Crippen LogP contribution is -2.42. The van der Waals surface area contributed by atoms with Crippen molar-refractivity contribution in [2.75, 3.05) is 13.1 Å². The van der Waals surface area contributed by atoms with Gasteiger partial charge in [-0.3, -0.25) is 15.0 Å². The summed E-state index contributed by atoms with van der Waals surface area (Å²) in [6, 6.07) is 7.05. The maximum Gasteiger partial charge on any atom is 0.269 e. The molecule has 1 fully saturated rings. The lowest BCUT2D eigenvalue weighted by molar-refractivity contribution is -0.384. The second-order valence-electron chi connectivity index (χ2n) is 4.56. The second kappa shape index (κ2) is 5.25. The van der Waals surface area contributed by atoms with Gasteiger partial charge in [-0.05, 0) is 24.9 Å². The summed E-state index contributed by atoms with van der Waals surface area (Å²) in [5, 5.41) is 10.7. The van der Waals surface area contributed by atoms with Crippen LogP contribution in [0.15, 0.2) is 24.3 Å². The highest BCUT2D eigenvalue weighted by Crippen LogP contribution is 2.17. The zero-order valence-corrected chi connectivity index (χ0v) is 9.71. The Balaban J connectivity index is 2.02. The van der Waals surface area contributed by atoms with E-state index in [-0.39, 0.29) is 16.7 Å². The molecular weight excluding hydrogens is 218 g/mol. The molecule has 0 radical (unpaired) electrons. The molecule has 0 spiro atoms. The standard InChI is InChI=1S/C12H17N3O2/c13-11-4-2-6-14(9-11)8-10-3-1-5-12(7-10)15(16)17/h1,3,5,7,11H,2,4,6,8-9,13H2/t11-/m1/s1. The number of piperidine rings is 1. The predicted octanol–water partition coefficient (Wildman–Crippen LogP) is 1.52. The first-order chi connectivity index (χ1) is 8.15. The summed E-state index contributed by atoms with van der Waals surface area (Å²) in [5.41, 5.74) is 7.04. The fraction of sp³-hybridized carbons (Fsp3) is 0.500. The largest absolute Gasteiger partial charge is 0.327 e. The summed E-state index contributed by atoms with van der Waals surface area (Å²) in [7, 11) is 0. The number of benzene rings is 1. The van der Waals surface area contributed by atoms with E-state index >= 15 is 0 Å². The van der Waals surface area contributed by atoms with E-state index in [2.05, 4.69) is 4.90 Å². The maximum atomic E-state index is 10.7. The van der Waals surface area contributed by atoms with Gasteiger partial charge in [0, 0.05) is 31.3 Å². The molecular formula is C12H17N3O2. The normalized spacial score (nSPS) is 21.4. The molecule has 1 aromatic carbocycles. The van der Waals surface area contributed by atoms with Crippen LogP contribution in [0, 0.1) is 10.1 Å². The zero-order valence-electron chi connectivity index (χ0n) is 9.71. The van der Waals surface area contributed by atoms with E-state index in [1.807, 2.05) is 6.07 Å². The fourth-order valence-corrected chi connectivity index (χ4v) is 2.26. The van der Waals surface area contributed by atoms with Crippen molar-refractivity contribution in [1.29, 1.82) is 0 Å². The molecule has 1 aliphatic heterocycles. The third-order valence-electron chi connectivity index (χ3n) is 3.07. The van der Waals surface area contributed by atoms with Crippen LogP contribution in [0.5, 0.6) is 0 Å². The molecule has 0 saturated carbocycles. The van der Waals surface area contributed by atoms with Crippen LogP contribution in [0.2, 0.25) is 0 Å². The van der Waals surface area contributed by atoms with E-state index in [9.17, 15) is 10.1 Å². The molecule has 17 heavy (non-hydrogen) atoms. The van der Waals surface area contributed by atoms with Gasteiger partial charge in [0.1, 0.15) is 0 Å². The predicted molar refractivity (Wildman–Crippen MR) is 65.6 cm³/mol. The third-order valence-corrected chi connectivity index (χ3v) is 3.07. The van der Waals surface area contributed by atoms with Gasteiger partial charge in [0.25, 0.3) is 5.69 Å². The molecule has 1 atom stereocenters. The van der Waals surface area contributed by atoms with Gasteiger partial charge in [-0.15, -0.1) is 0 Å². The molecule has 1 aliphatic rings. The molecule has 2 N–H and O–H groups in total. The minimum absolute atomic E-state index is 0.156. The Hall–Kier alpha value is -1.46. The van der Waals surface area contributed by atoms with E-state index in [1.165, 1.54) is 6.07 Å². The van der Waals surface area contributed by atoms with Crippen molar-refractivity contribution in [2.45, 2.75) is 25.4 Å². The minimum Gasteiger partial charge on any atom is -0.327 e. The highest BCUT2D eigenvalue weighted by Gasteiger charge is 2.17. The summed E-state index contributed by atoms with van der Waals surface area (Å²) in [6.07, 6.45) is 2.18. The number of hydrogen-bond donors (Lipinski definition) is 1. The monoisotopic (exact) mass is 235 g/mol. The number of nitro groups is 1. The van der Waals surface area contributed by atoms with Crippen molar-refractivity contribution in [3.63, 3.8) is 0 Å². The van der Waals surface area contributed by atoms with Crippen LogP contribution >= 0.6 is 0 Å². The van der Waals surface area contributed by atoms with E-state index in [0.717, 1.165) is 38.0 Å². The summed E-state index contributed by atoms with van der Waals surface area (Å²) in [4.78, 5) is 12.6. The number of rotatable bonds is 3. The van der Waals surface area contributed by atoms with Gasteiger partial charge < -0.3 is 5.73 Å². The van der Waals surface area contributed by atoms with Crippen molar-refractivity contribution in [1.82, 2.24) is 4.90 Å². The molecule has 2 rings (SSSR count). The number of nitro benzene ring substituents is 1. The van der Waals surface area contributed by atoms with Crippen molar-refractivity contribution in [2.24, 2.45) is 5.73 Å². The Morgan fingerprint density at radius 1 is 1.53 bits per heavy atom. The molecule has 0 aromatic heterocycles. The SMILES string of the molecule is N[C@@H]1CCCN(Cc2cccc([N+](=O)[O-])c2)C1. The second-order valence-corrected chi connectivity index (χ2v) is 4.56. The highest BCUT2D eigenvalue weighted by molar-refractivity contribution is 5.34. The maximum absolute atomic E-state index is 10.7. The van der Waals surface area contributed by atoms with Crippen LogP contribution in [0.1, 0.15) is 18.4 Å². The number of hydrogen-bond acceptors (Lipinski definition) is 4. The average Bonchev–Trinajstić information content (AvgIpc) is 2.29. The smallest absolute Gasteiger partial charge is 0.269 e. The topological polar surface area (TPSA) is 72.4 Å². The summed E-state index contributed by atoms with van der Waals surface area (Å²) in [6.45, 7) is 2.65. The van der Waals surface area contributed by atoms with E-state index < -0.39 is 0 Å². The lowest BCUT2D eigenvalue weighted by Gasteiger charge is -2.30. The average molecular weight is 235 g/mol. The van der Waals surface area contributed by atoms with Crippen LogP contribution in [0.4, 0.5) is 5.69 Å². The Morgan fingerprint density at radius 3 is 3.06 bits per heavy atom. The summed E-state index contributed by atoms with van der Waals surface area (Å²) in [5.74, 6) is 0. The molecule has 92 valence electrons. The molecule has 0 amide bonds. The number of nitrogens with two attached hydrogens (primary N) is 1. The van der Waals surface area contributed by atoms with Gasteiger partial charge >= 0.3 is 0 Å². The Bertz CT molecular complexity index is 408. The van der Waals surface area contributed by atoms with Crippen molar-refractivity contribution >= 4 is 5.69 Å². The Morgan fingerprint density at radius 2 is 2.35 bits per heavy atom. The number of nitrogens with zero attached hydrogens (tertiary/aromatic N) is 2. The van der Waals surface area contributed by atoms with Crippen LogP contribution in [-0.4, -0.2) is 29.0 Å². The van der Waals surface area contributed by atoms with E-state index in [1.54, 1.807) is 12.1 Å². The van der Waals surface area contributed by atoms with Crippen LogP contribution in [-0.2, 0) is 6.54 Å². The molecule has 5 heteroatoms. The van der Waals surface area contributed by atoms with E-state index in [0.29, 0.717) is 0 Å². The zero-order chi connectivity index (χ0) is 12.3. The van der Waals surface area contributed by atoms with Gasteiger partial charge in [-0.1, -0.05) is 12.1 Å². The van der Waals surface area contributed by atoms with Gasteiger partial charge in [0.2, 0.25) is 0 Å². The first kappa shape index (κ1) is 12.0. The van der Waals surface area contributed by atoms with Crippen molar-refractivity contribution in [3.8, 4) is 0 Å². The Kier molecular flexibility index (Phi) is 3.71. The molecule has 1 aromatic rings. The molecule has 1 saturated heterocycles. The van der Waals surface area contributed by atoms with Crippen LogP contribution < -0.4 is 5.73 Å². The lowest BCUT2D eigenvalue weighted by atomic mass is 10.1.